The quantitative estimate of drug-likeness (QED) is 0.595. The largest absolute Gasteiger partial charge is 0.462 e. The molecule has 2 rings (SSSR count). The Morgan fingerprint density at radius 2 is 1.47 bits per heavy atom. The van der Waals surface area contributed by atoms with E-state index >= 15 is 0 Å². The van der Waals surface area contributed by atoms with E-state index in [0.29, 0.717) is 6.04 Å². The van der Waals surface area contributed by atoms with E-state index in [0.717, 1.165) is 38.5 Å². The third-order valence-corrected chi connectivity index (χ3v) is 4.19. The summed E-state index contributed by atoms with van der Waals surface area (Å²) in [6, 6.07) is 0.303. The second-order valence-corrected chi connectivity index (χ2v) is 5.66. The number of carbonyl (C=O) groups is 1. The highest BCUT2D eigenvalue weighted by atomic mass is 16.5. The van der Waals surface area contributed by atoms with Crippen LogP contribution in [-0.4, -0.2) is 18.1 Å². The molecule has 0 unspecified atom stereocenters. The van der Waals surface area contributed by atoms with Crippen molar-refractivity contribution >= 4 is 5.97 Å². The average Bonchev–Trinajstić information content (AvgIpc) is 2.58. The zero-order valence-electron chi connectivity index (χ0n) is 10.7. The van der Waals surface area contributed by atoms with Crippen molar-refractivity contribution in [2.75, 3.05) is 0 Å². The molecule has 0 aromatic carbocycles. The molecule has 2 N–H and O–H groups in total. The molecule has 0 heterocycles. The molecule has 3 heteroatoms. The van der Waals surface area contributed by atoms with Crippen LogP contribution in [0.25, 0.3) is 0 Å². The zero-order valence-corrected chi connectivity index (χ0v) is 10.7. The van der Waals surface area contributed by atoms with E-state index in [2.05, 4.69) is 0 Å². The first-order valence-electron chi connectivity index (χ1n) is 7.22. The van der Waals surface area contributed by atoms with Gasteiger partial charge in [0.2, 0.25) is 0 Å². The summed E-state index contributed by atoms with van der Waals surface area (Å²) in [5.74, 6) is 0.168. The lowest BCUT2D eigenvalue weighted by molar-refractivity contribution is -0.155. The SMILES string of the molecule is NC1CCC(C(=O)OC2CCCCCC2)CC1. The average molecular weight is 239 g/mol. The van der Waals surface area contributed by atoms with Gasteiger partial charge >= 0.3 is 5.97 Å². The van der Waals surface area contributed by atoms with Crippen LogP contribution in [0.1, 0.15) is 64.2 Å². The van der Waals surface area contributed by atoms with E-state index in [1.54, 1.807) is 0 Å². The third kappa shape index (κ3) is 3.98. The summed E-state index contributed by atoms with van der Waals surface area (Å²) in [5.41, 5.74) is 5.85. The molecule has 0 saturated heterocycles. The first kappa shape index (κ1) is 12.9. The Morgan fingerprint density at radius 3 is 2.06 bits per heavy atom. The maximum Gasteiger partial charge on any atom is 0.309 e. The van der Waals surface area contributed by atoms with Gasteiger partial charge in [-0.2, -0.15) is 0 Å². The predicted octanol–water partition coefficient (Wildman–Crippen LogP) is 2.77. The van der Waals surface area contributed by atoms with Crippen LogP contribution in [0, 0.1) is 5.92 Å². The lowest BCUT2D eigenvalue weighted by Crippen LogP contribution is -2.32. The lowest BCUT2D eigenvalue weighted by Gasteiger charge is -2.26. The van der Waals surface area contributed by atoms with E-state index in [9.17, 15) is 4.79 Å². The molecule has 0 amide bonds. The molecule has 2 fully saturated rings. The fourth-order valence-electron chi connectivity index (χ4n) is 2.98. The normalized spacial score (nSPS) is 31.8. The van der Waals surface area contributed by atoms with Crippen LogP contribution < -0.4 is 5.73 Å². The van der Waals surface area contributed by atoms with E-state index in [1.807, 2.05) is 0 Å². The molecule has 2 aliphatic rings. The first-order chi connectivity index (χ1) is 8.25. The molecule has 0 aromatic rings. The van der Waals surface area contributed by atoms with E-state index in [1.165, 1.54) is 25.7 Å². The highest BCUT2D eigenvalue weighted by Gasteiger charge is 2.27. The monoisotopic (exact) mass is 239 g/mol. The summed E-state index contributed by atoms with van der Waals surface area (Å²) in [7, 11) is 0. The number of carbonyl (C=O) groups excluding carboxylic acids is 1. The van der Waals surface area contributed by atoms with Gasteiger partial charge in [0, 0.05) is 6.04 Å². The molecule has 17 heavy (non-hydrogen) atoms. The molecule has 2 aliphatic carbocycles. The van der Waals surface area contributed by atoms with Crippen molar-refractivity contribution in [2.45, 2.75) is 76.4 Å². The fraction of sp³-hybridized carbons (Fsp3) is 0.929. The molecule has 98 valence electrons. The van der Waals surface area contributed by atoms with Gasteiger partial charge in [0.25, 0.3) is 0 Å². The third-order valence-electron chi connectivity index (χ3n) is 4.19. The Hall–Kier alpha value is -0.570. The van der Waals surface area contributed by atoms with Crippen LogP contribution in [0.3, 0.4) is 0 Å². The Morgan fingerprint density at radius 1 is 0.882 bits per heavy atom. The Balaban J connectivity index is 1.75. The minimum atomic E-state index is 0.0452. The second kappa shape index (κ2) is 6.39. The van der Waals surface area contributed by atoms with Gasteiger partial charge in [-0.05, 0) is 51.4 Å². The van der Waals surface area contributed by atoms with Crippen molar-refractivity contribution in [3.63, 3.8) is 0 Å². The molecule has 0 aromatic heterocycles. The first-order valence-corrected chi connectivity index (χ1v) is 7.22. The van der Waals surface area contributed by atoms with Gasteiger partial charge < -0.3 is 10.5 Å². The summed E-state index contributed by atoms with van der Waals surface area (Å²) < 4.78 is 5.67. The van der Waals surface area contributed by atoms with Gasteiger partial charge in [-0.15, -0.1) is 0 Å². The van der Waals surface area contributed by atoms with Gasteiger partial charge in [0.15, 0.2) is 0 Å². The van der Waals surface area contributed by atoms with Crippen molar-refractivity contribution in [1.29, 1.82) is 0 Å². The number of ether oxygens (including phenoxy) is 1. The molecule has 0 radical (unpaired) electrons. The van der Waals surface area contributed by atoms with Gasteiger partial charge in [0.05, 0.1) is 5.92 Å². The Kier molecular flexibility index (Phi) is 4.84. The summed E-state index contributed by atoms with van der Waals surface area (Å²) in [6.45, 7) is 0. The molecule has 0 atom stereocenters. The number of hydrogen-bond acceptors (Lipinski definition) is 3. The van der Waals surface area contributed by atoms with Crippen LogP contribution in [0.4, 0.5) is 0 Å². The van der Waals surface area contributed by atoms with E-state index < -0.39 is 0 Å². The molecular formula is C14H25NO2. The molecule has 3 nitrogen and oxygen atoms in total. The van der Waals surface area contributed by atoms with Gasteiger partial charge in [-0.1, -0.05) is 12.8 Å². The van der Waals surface area contributed by atoms with Crippen molar-refractivity contribution in [3.05, 3.63) is 0 Å². The lowest BCUT2D eigenvalue weighted by atomic mass is 9.86. The number of rotatable bonds is 2. The van der Waals surface area contributed by atoms with Crippen LogP contribution >= 0.6 is 0 Å². The summed E-state index contributed by atoms with van der Waals surface area (Å²) in [5, 5.41) is 0. The highest BCUT2D eigenvalue weighted by molar-refractivity contribution is 5.72. The summed E-state index contributed by atoms with van der Waals surface area (Å²) >= 11 is 0. The molecule has 0 bridgehead atoms. The molecule has 0 spiro atoms. The maximum absolute atomic E-state index is 12.0. The van der Waals surface area contributed by atoms with E-state index in [4.69, 9.17) is 10.5 Å². The van der Waals surface area contributed by atoms with Crippen molar-refractivity contribution in [2.24, 2.45) is 11.7 Å². The van der Waals surface area contributed by atoms with E-state index in [-0.39, 0.29) is 18.0 Å². The molecular weight excluding hydrogens is 214 g/mol. The van der Waals surface area contributed by atoms with Gasteiger partial charge in [-0.25, -0.2) is 0 Å². The van der Waals surface area contributed by atoms with Gasteiger partial charge in [-0.3, -0.25) is 4.79 Å². The number of esters is 1. The minimum absolute atomic E-state index is 0.0452. The summed E-state index contributed by atoms with van der Waals surface area (Å²) in [4.78, 5) is 12.0. The standard InChI is InChI=1S/C14H25NO2/c15-12-9-7-11(8-10-12)14(16)17-13-5-3-1-2-4-6-13/h11-13H,1-10,15H2. The highest BCUT2D eigenvalue weighted by Crippen LogP contribution is 2.27. The van der Waals surface area contributed by atoms with Crippen molar-refractivity contribution in [3.8, 4) is 0 Å². The van der Waals surface area contributed by atoms with Crippen molar-refractivity contribution in [1.82, 2.24) is 0 Å². The van der Waals surface area contributed by atoms with Crippen LogP contribution in [-0.2, 0) is 9.53 Å². The van der Waals surface area contributed by atoms with Crippen LogP contribution in [0.5, 0.6) is 0 Å². The van der Waals surface area contributed by atoms with Crippen LogP contribution in [0.15, 0.2) is 0 Å². The Labute approximate surface area is 104 Å². The molecule has 2 saturated carbocycles. The molecule has 0 aliphatic heterocycles. The van der Waals surface area contributed by atoms with Crippen molar-refractivity contribution < 1.29 is 9.53 Å². The van der Waals surface area contributed by atoms with Crippen LogP contribution in [0.2, 0.25) is 0 Å². The number of hydrogen-bond donors (Lipinski definition) is 1. The maximum atomic E-state index is 12.0. The second-order valence-electron chi connectivity index (χ2n) is 5.66. The Bertz CT molecular complexity index is 239. The smallest absolute Gasteiger partial charge is 0.309 e. The van der Waals surface area contributed by atoms with Gasteiger partial charge in [0.1, 0.15) is 6.10 Å². The fourth-order valence-corrected chi connectivity index (χ4v) is 2.98. The summed E-state index contributed by atoms with van der Waals surface area (Å²) in [6.07, 6.45) is 11.2. The number of nitrogens with two attached hydrogens (primary N) is 1. The zero-order chi connectivity index (χ0) is 12.1. The predicted molar refractivity (Wildman–Crippen MR) is 67.5 cm³/mol. The topological polar surface area (TPSA) is 52.3 Å². The minimum Gasteiger partial charge on any atom is -0.462 e.